The van der Waals surface area contributed by atoms with Gasteiger partial charge in [0.2, 0.25) is 21.8 Å². The molecule has 1 unspecified atom stereocenters. The number of hydrogen-bond acceptors (Lipinski definition) is 5. The van der Waals surface area contributed by atoms with E-state index in [1.165, 1.54) is 12.0 Å². The van der Waals surface area contributed by atoms with Gasteiger partial charge >= 0.3 is 0 Å². The van der Waals surface area contributed by atoms with Crippen molar-refractivity contribution in [2.45, 2.75) is 26.3 Å². The molecule has 0 aliphatic carbocycles. The van der Waals surface area contributed by atoms with Crippen LogP contribution in [0.5, 0.6) is 5.75 Å². The number of nitrogens with one attached hydrogen (secondary N) is 1. The number of ether oxygens (including phenoxy) is 1. The molecule has 0 bridgehead atoms. The van der Waals surface area contributed by atoms with Gasteiger partial charge in [-0.15, -0.1) is 0 Å². The number of likely N-dealkylation sites (N-methyl/N-ethyl adjacent to an activating group) is 1. The third-order valence-corrected chi connectivity index (χ3v) is 6.16. The fraction of sp³-hybridized carbons (Fsp3) is 0.391. The molecule has 0 spiro atoms. The van der Waals surface area contributed by atoms with Crippen molar-refractivity contribution in [3.8, 4) is 5.75 Å². The van der Waals surface area contributed by atoms with Gasteiger partial charge in [0.15, 0.2) is 0 Å². The van der Waals surface area contributed by atoms with Crippen LogP contribution < -0.4 is 14.4 Å². The minimum atomic E-state index is -3.77. The molecule has 1 N–H and O–H groups in total. The van der Waals surface area contributed by atoms with Gasteiger partial charge in [0, 0.05) is 19.2 Å². The average Bonchev–Trinajstić information content (AvgIpc) is 2.77. The molecule has 174 valence electrons. The van der Waals surface area contributed by atoms with E-state index in [9.17, 15) is 18.0 Å². The number of benzene rings is 2. The van der Waals surface area contributed by atoms with Crippen LogP contribution in [0.25, 0.3) is 0 Å². The fourth-order valence-electron chi connectivity index (χ4n) is 3.27. The van der Waals surface area contributed by atoms with Crippen molar-refractivity contribution < 1.29 is 22.7 Å². The standard InChI is InChI=1S/C23H31N3O5S/c1-5-24-23(28)18(2)25(15-14-19-10-7-6-8-11-19)22(27)17-26(32(4,29)30)20-12-9-13-21(16-20)31-3/h6-13,16,18H,5,14-15,17H2,1-4H3,(H,24,28). The number of amides is 2. The summed E-state index contributed by atoms with van der Waals surface area (Å²) >= 11 is 0. The largest absolute Gasteiger partial charge is 0.497 e. The zero-order chi connectivity index (χ0) is 23.7. The SMILES string of the molecule is CCNC(=O)C(C)N(CCc1ccccc1)C(=O)CN(c1cccc(OC)c1)S(C)(=O)=O. The van der Waals surface area contributed by atoms with Crippen molar-refractivity contribution >= 4 is 27.5 Å². The van der Waals surface area contributed by atoms with Crippen molar-refractivity contribution in [3.05, 3.63) is 60.2 Å². The quantitative estimate of drug-likeness (QED) is 0.553. The highest BCUT2D eigenvalue weighted by atomic mass is 32.2. The Kier molecular flexibility index (Phi) is 9.07. The molecule has 0 aromatic heterocycles. The minimum Gasteiger partial charge on any atom is -0.497 e. The summed E-state index contributed by atoms with van der Waals surface area (Å²) in [5.74, 6) is -0.283. The molecule has 0 fully saturated rings. The molecule has 32 heavy (non-hydrogen) atoms. The van der Waals surface area contributed by atoms with Gasteiger partial charge in [-0.3, -0.25) is 13.9 Å². The Morgan fingerprint density at radius 3 is 2.38 bits per heavy atom. The van der Waals surface area contributed by atoms with E-state index in [2.05, 4.69) is 5.32 Å². The first-order valence-corrected chi connectivity index (χ1v) is 12.2. The van der Waals surface area contributed by atoms with Crippen LogP contribution >= 0.6 is 0 Å². The Morgan fingerprint density at radius 2 is 1.78 bits per heavy atom. The lowest BCUT2D eigenvalue weighted by Gasteiger charge is -2.31. The highest BCUT2D eigenvalue weighted by molar-refractivity contribution is 7.92. The van der Waals surface area contributed by atoms with Gasteiger partial charge in [-0.1, -0.05) is 36.4 Å². The van der Waals surface area contributed by atoms with Crippen LogP contribution in [0.15, 0.2) is 54.6 Å². The molecular formula is C23H31N3O5S. The molecule has 9 heteroatoms. The lowest BCUT2D eigenvalue weighted by atomic mass is 10.1. The van der Waals surface area contributed by atoms with Crippen LogP contribution in [-0.2, 0) is 26.0 Å². The molecule has 1 atom stereocenters. The van der Waals surface area contributed by atoms with E-state index >= 15 is 0 Å². The van der Waals surface area contributed by atoms with Crippen molar-refractivity contribution in [3.63, 3.8) is 0 Å². The number of rotatable bonds is 11. The number of carbonyl (C=O) groups excluding carboxylic acids is 2. The summed E-state index contributed by atoms with van der Waals surface area (Å²) in [5.41, 5.74) is 1.33. The van der Waals surface area contributed by atoms with Gasteiger partial charge in [0.1, 0.15) is 18.3 Å². The van der Waals surface area contributed by atoms with Crippen molar-refractivity contribution in [2.75, 3.05) is 37.3 Å². The van der Waals surface area contributed by atoms with Crippen molar-refractivity contribution in [2.24, 2.45) is 0 Å². The summed E-state index contributed by atoms with van der Waals surface area (Å²) in [4.78, 5) is 27.2. The smallest absolute Gasteiger partial charge is 0.244 e. The zero-order valence-electron chi connectivity index (χ0n) is 18.9. The molecule has 2 rings (SSSR count). The Bertz CT molecular complexity index is 1010. The Labute approximate surface area is 190 Å². The van der Waals surface area contributed by atoms with Gasteiger partial charge in [-0.2, -0.15) is 0 Å². The molecule has 0 radical (unpaired) electrons. The maximum atomic E-state index is 13.3. The highest BCUT2D eigenvalue weighted by Crippen LogP contribution is 2.23. The Hall–Kier alpha value is -3.07. The van der Waals surface area contributed by atoms with E-state index in [1.54, 1.807) is 38.1 Å². The zero-order valence-corrected chi connectivity index (χ0v) is 19.8. The summed E-state index contributed by atoms with van der Waals surface area (Å²) in [6.07, 6.45) is 1.58. The molecule has 0 aliphatic heterocycles. The highest BCUT2D eigenvalue weighted by Gasteiger charge is 2.29. The first-order chi connectivity index (χ1) is 15.2. The van der Waals surface area contributed by atoms with Gasteiger partial charge in [-0.05, 0) is 38.0 Å². The van der Waals surface area contributed by atoms with E-state index in [0.29, 0.717) is 24.4 Å². The summed E-state index contributed by atoms with van der Waals surface area (Å²) < 4.78 is 31.2. The minimum absolute atomic E-state index is 0.275. The van der Waals surface area contributed by atoms with Gasteiger partial charge < -0.3 is 15.0 Å². The van der Waals surface area contributed by atoms with Crippen molar-refractivity contribution in [1.82, 2.24) is 10.2 Å². The summed E-state index contributed by atoms with van der Waals surface area (Å²) in [6, 6.07) is 15.3. The van der Waals surface area contributed by atoms with Gasteiger partial charge in [0.05, 0.1) is 19.1 Å². The van der Waals surface area contributed by atoms with Gasteiger partial charge in [0.25, 0.3) is 0 Å². The second kappa shape index (κ2) is 11.5. The van der Waals surface area contributed by atoms with Crippen LogP contribution in [0.2, 0.25) is 0 Å². The van der Waals surface area contributed by atoms with Gasteiger partial charge in [-0.25, -0.2) is 8.42 Å². The van der Waals surface area contributed by atoms with E-state index < -0.39 is 28.5 Å². The predicted molar refractivity (Wildman–Crippen MR) is 125 cm³/mol. The second-order valence-corrected chi connectivity index (χ2v) is 9.27. The Morgan fingerprint density at radius 1 is 1.09 bits per heavy atom. The summed E-state index contributed by atoms with van der Waals surface area (Å²) in [6.45, 7) is 3.73. The lowest BCUT2D eigenvalue weighted by Crippen LogP contribution is -2.52. The average molecular weight is 462 g/mol. The monoisotopic (exact) mass is 461 g/mol. The molecule has 0 aliphatic rings. The van der Waals surface area contributed by atoms with Crippen molar-refractivity contribution in [1.29, 1.82) is 0 Å². The van der Waals surface area contributed by atoms with E-state index in [0.717, 1.165) is 16.1 Å². The maximum absolute atomic E-state index is 13.3. The van der Waals surface area contributed by atoms with Crippen LogP contribution in [0, 0.1) is 0 Å². The number of nitrogens with zero attached hydrogens (tertiary/aromatic N) is 2. The molecule has 0 saturated carbocycles. The first-order valence-electron chi connectivity index (χ1n) is 10.4. The molecule has 0 heterocycles. The van der Waals surface area contributed by atoms with Crippen LogP contribution in [-0.4, -0.2) is 64.2 Å². The summed E-state index contributed by atoms with van der Waals surface area (Å²) in [5, 5.41) is 2.73. The van der Waals surface area contributed by atoms with E-state index in [4.69, 9.17) is 4.74 Å². The van der Waals surface area contributed by atoms with Crippen LogP contribution in [0.4, 0.5) is 5.69 Å². The Balaban J connectivity index is 2.30. The number of methoxy groups -OCH3 is 1. The lowest BCUT2D eigenvalue weighted by molar-refractivity contribution is -0.138. The van der Waals surface area contributed by atoms with E-state index in [1.807, 2.05) is 30.3 Å². The predicted octanol–water partition coefficient (Wildman–Crippen LogP) is 2.06. The molecule has 0 saturated heterocycles. The number of sulfonamides is 1. The summed E-state index contributed by atoms with van der Waals surface area (Å²) in [7, 11) is -2.28. The number of carbonyl (C=O) groups is 2. The molecule has 2 aromatic carbocycles. The van der Waals surface area contributed by atoms with Crippen LogP contribution in [0.3, 0.4) is 0 Å². The van der Waals surface area contributed by atoms with Crippen LogP contribution in [0.1, 0.15) is 19.4 Å². The molecule has 2 aromatic rings. The topological polar surface area (TPSA) is 96.0 Å². The molecule has 8 nitrogen and oxygen atoms in total. The normalized spacial score (nSPS) is 12.0. The number of anilines is 1. The first kappa shape index (κ1) is 25.2. The molecular weight excluding hydrogens is 430 g/mol. The third kappa shape index (κ3) is 6.98. The maximum Gasteiger partial charge on any atom is 0.244 e. The third-order valence-electron chi connectivity index (χ3n) is 5.02. The fourth-order valence-corrected chi connectivity index (χ4v) is 4.11. The second-order valence-electron chi connectivity index (χ2n) is 7.36. The van der Waals surface area contributed by atoms with E-state index in [-0.39, 0.29) is 12.5 Å². The molecule has 2 amide bonds. The number of hydrogen-bond donors (Lipinski definition) is 1.